The lowest BCUT2D eigenvalue weighted by Gasteiger charge is -2.05. The first kappa shape index (κ1) is 20.0. The van der Waals surface area contributed by atoms with Crippen molar-refractivity contribution >= 4 is 86.9 Å². The Morgan fingerprint density at radius 2 is 1.23 bits per heavy atom. The number of benzene rings is 2. The molecule has 0 aliphatic heterocycles. The topological polar surface area (TPSA) is 50.2 Å². The summed E-state index contributed by atoms with van der Waals surface area (Å²) in [4.78, 5) is 16.1. The maximum absolute atomic E-state index is 11.7. The summed E-state index contributed by atoms with van der Waals surface area (Å²) in [5, 5.41) is 11.4. The maximum Gasteiger partial charge on any atom is 0.348 e. The number of carbonyl (C=O) groups is 1. The van der Waals surface area contributed by atoms with Crippen molar-refractivity contribution in [3.05, 3.63) is 59.3 Å². The van der Waals surface area contributed by atoms with E-state index in [-0.39, 0.29) is 40.7 Å². The summed E-state index contributed by atoms with van der Waals surface area (Å²) in [6, 6.07) is 5.89. The van der Waals surface area contributed by atoms with E-state index < -0.39 is 5.97 Å². The zero-order valence-corrected chi connectivity index (χ0v) is 17.6. The number of aromatic carboxylic acids is 1. The number of aromatic nitrogens is 1. The van der Waals surface area contributed by atoms with Gasteiger partial charge in [-0.25, -0.2) is 9.78 Å². The third kappa shape index (κ3) is 3.78. The molecule has 0 saturated heterocycles. The summed E-state index contributed by atoms with van der Waals surface area (Å²) < 4.78 is 0. The van der Waals surface area contributed by atoms with Crippen LogP contribution in [0.1, 0.15) is 9.67 Å². The smallest absolute Gasteiger partial charge is 0.348 e. The zero-order valence-electron chi connectivity index (χ0n) is 12.3. The van der Waals surface area contributed by atoms with Gasteiger partial charge >= 0.3 is 5.97 Å². The van der Waals surface area contributed by atoms with Gasteiger partial charge in [0, 0.05) is 11.1 Å². The predicted octanol–water partition coefficient (Wildman–Crippen LogP) is 8.10. The first-order valence-corrected chi connectivity index (χ1v) is 9.81. The van der Waals surface area contributed by atoms with Gasteiger partial charge in [-0.15, -0.1) is 11.3 Å². The van der Waals surface area contributed by atoms with Gasteiger partial charge in [-0.3, -0.25) is 0 Å². The van der Waals surface area contributed by atoms with Crippen molar-refractivity contribution in [2.24, 2.45) is 0 Å². The fraction of sp³-hybridized carbons (Fsp3) is 0. The second kappa shape index (κ2) is 7.72. The lowest BCUT2D eigenvalue weighted by Crippen LogP contribution is -1.96. The minimum Gasteiger partial charge on any atom is -0.477 e. The Kier molecular flexibility index (Phi) is 5.95. The van der Waals surface area contributed by atoms with Gasteiger partial charge in [-0.2, -0.15) is 0 Å². The number of rotatable bonds is 3. The molecule has 0 bridgehead atoms. The molecule has 0 fully saturated rings. The monoisotopic (exact) mass is 485 g/mol. The normalized spacial score (nSPS) is 11.0. The van der Waals surface area contributed by atoms with Crippen LogP contribution in [0.2, 0.25) is 30.1 Å². The van der Waals surface area contributed by atoms with Crippen molar-refractivity contribution in [3.63, 3.8) is 0 Å². The molecule has 3 nitrogen and oxygen atoms in total. The molecular formula is C16H5Cl6NO2S. The third-order valence-corrected chi connectivity index (χ3v) is 6.47. The zero-order chi connectivity index (χ0) is 19.2. The standard InChI is InChI=1S/C16H5Cl6NO2S/c17-7-3-11(21)9(19)1-5(7)13-14(16(24)25)26-15(23-13)6-2-10(20)12(22)4-8(6)18/h1-4H,(H,24,25). The number of nitrogens with zero attached hydrogens (tertiary/aromatic N) is 1. The molecule has 3 rings (SSSR count). The highest BCUT2D eigenvalue weighted by Crippen LogP contribution is 2.42. The molecule has 26 heavy (non-hydrogen) atoms. The van der Waals surface area contributed by atoms with Gasteiger partial charge in [0.15, 0.2) is 0 Å². The van der Waals surface area contributed by atoms with Crippen molar-refractivity contribution in [1.82, 2.24) is 4.98 Å². The van der Waals surface area contributed by atoms with E-state index in [4.69, 9.17) is 69.6 Å². The van der Waals surface area contributed by atoms with Crippen LogP contribution in [0.25, 0.3) is 21.8 Å². The molecule has 0 spiro atoms. The van der Waals surface area contributed by atoms with Crippen LogP contribution in [0.5, 0.6) is 0 Å². The summed E-state index contributed by atoms with van der Waals surface area (Å²) in [6.07, 6.45) is 0. The Bertz CT molecular complexity index is 1050. The molecule has 3 aromatic rings. The van der Waals surface area contributed by atoms with Crippen LogP contribution in [0.3, 0.4) is 0 Å². The fourth-order valence-electron chi connectivity index (χ4n) is 2.15. The van der Waals surface area contributed by atoms with E-state index in [1.807, 2.05) is 0 Å². The van der Waals surface area contributed by atoms with Crippen LogP contribution in [0, 0.1) is 0 Å². The van der Waals surface area contributed by atoms with Crippen molar-refractivity contribution in [2.45, 2.75) is 0 Å². The summed E-state index contributed by atoms with van der Waals surface area (Å²) in [7, 11) is 0. The average molecular weight is 488 g/mol. The lowest BCUT2D eigenvalue weighted by atomic mass is 10.1. The van der Waals surface area contributed by atoms with Gasteiger partial charge in [0.1, 0.15) is 9.88 Å². The number of hydrogen-bond acceptors (Lipinski definition) is 3. The molecule has 0 radical (unpaired) electrons. The van der Waals surface area contributed by atoms with E-state index in [0.717, 1.165) is 11.3 Å². The first-order valence-electron chi connectivity index (χ1n) is 6.73. The quantitative estimate of drug-likeness (QED) is 0.380. The van der Waals surface area contributed by atoms with E-state index >= 15 is 0 Å². The van der Waals surface area contributed by atoms with E-state index in [9.17, 15) is 9.90 Å². The molecule has 10 heteroatoms. The molecule has 1 aromatic heterocycles. The van der Waals surface area contributed by atoms with Gasteiger partial charge in [0.25, 0.3) is 0 Å². The van der Waals surface area contributed by atoms with Crippen LogP contribution in [-0.2, 0) is 0 Å². The van der Waals surface area contributed by atoms with Gasteiger partial charge in [0.2, 0.25) is 0 Å². The van der Waals surface area contributed by atoms with Crippen molar-refractivity contribution in [2.75, 3.05) is 0 Å². The predicted molar refractivity (Wildman–Crippen MR) is 110 cm³/mol. The number of thiazole rings is 1. The number of hydrogen-bond donors (Lipinski definition) is 1. The van der Waals surface area contributed by atoms with Crippen molar-refractivity contribution in [1.29, 1.82) is 0 Å². The molecule has 0 unspecified atom stereocenters. The maximum atomic E-state index is 11.7. The van der Waals surface area contributed by atoms with Gasteiger partial charge in [0.05, 0.1) is 35.8 Å². The molecule has 0 atom stereocenters. The third-order valence-electron chi connectivity index (χ3n) is 3.33. The van der Waals surface area contributed by atoms with Crippen LogP contribution >= 0.6 is 80.9 Å². The summed E-state index contributed by atoms with van der Waals surface area (Å²) in [6.45, 7) is 0. The molecule has 0 aliphatic carbocycles. The first-order chi connectivity index (χ1) is 12.2. The lowest BCUT2D eigenvalue weighted by molar-refractivity contribution is 0.0702. The molecular weight excluding hydrogens is 483 g/mol. The van der Waals surface area contributed by atoms with E-state index in [0.29, 0.717) is 16.1 Å². The van der Waals surface area contributed by atoms with Gasteiger partial charge in [-0.05, 0) is 24.3 Å². The SMILES string of the molecule is O=C(O)c1sc(-c2cc(Cl)c(Cl)cc2Cl)nc1-c1cc(Cl)c(Cl)cc1Cl. The van der Waals surface area contributed by atoms with Crippen LogP contribution in [0.15, 0.2) is 24.3 Å². The minimum atomic E-state index is -1.16. The highest BCUT2D eigenvalue weighted by Gasteiger charge is 2.23. The van der Waals surface area contributed by atoms with Crippen molar-refractivity contribution in [3.8, 4) is 21.8 Å². The van der Waals surface area contributed by atoms with E-state index in [1.54, 1.807) is 0 Å². The Labute approximate surface area is 182 Å². The summed E-state index contributed by atoms with van der Waals surface area (Å²) in [5.74, 6) is -1.16. The van der Waals surface area contributed by atoms with Crippen LogP contribution < -0.4 is 0 Å². The average Bonchev–Trinajstić information content (AvgIpc) is 2.99. The van der Waals surface area contributed by atoms with Crippen molar-refractivity contribution < 1.29 is 9.90 Å². The Balaban J connectivity index is 2.25. The highest BCUT2D eigenvalue weighted by atomic mass is 35.5. The Morgan fingerprint density at radius 3 is 1.77 bits per heavy atom. The molecule has 134 valence electrons. The Morgan fingerprint density at radius 1 is 0.769 bits per heavy atom. The summed E-state index contributed by atoms with van der Waals surface area (Å²) >= 11 is 37.3. The number of halogens is 6. The van der Waals surface area contributed by atoms with Gasteiger partial charge < -0.3 is 5.11 Å². The second-order valence-corrected chi connectivity index (χ2v) is 8.44. The molecule has 0 aliphatic rings. The fourth-order valence-corrected chi connectivity index (χ4v) is 4.43. The highest BCUT2D eigenvalue weighted by molar-refractivity contribution is 7.17. The molecule has 0 saturated carbocycles. The molecule has 2 aromatic carbocycles. The van der Waals surface area contributed by atoms with Crippen LogP contribution in [0.4, 0.5) is 0 Å². The number of carboxylic acid groups (broad SMARTS) is 1. The van der Waals surface area contributed by atoms with Gasteiger partial charge in [-0.1, -0.05) is 69.6 Å². The largest absolute Gasteiger partial charge is 0.477 e. The number of carboxylic acids is 1. The molecule has 0 amide bonds. The molecule has 1 heterocycles. The molecule has 1 N–H and O–H groups in total. The van der Waals surface area contributed by atoms with E-state index in [1.165, 1.54) is 24.3 Å². The Hall–Kier alpha value is -0.720. The van der Waals surface area contributed by atoms with Crippen LogP contribution in [-0.4, -0.2) is 16.1 Å². The minimum absolute atomic E-state index is 0.0255. The second-order valence-electron chi connectivity index (χ2n) is 4.99. The summed E-state index contributed by atoms with van der Waals surface area (Å²) in [5.41, 5.74) is 0.955. The van der Waals surface area contributed by atoms with E-state index in [2.05, 4.69) is 4.98 Å².